The Kier molecular flexibility index (Phi) is 10.0. The van der Waals surface area contributed by atoms with Crippen LogP contribution in [0.3, 0.4) is 0 Å². The Hall–Kier alpha value is -2.76. The van der Waals surface area contributed by atoms with Gasteiger partial charge in [0.25, 0.3) is 0 Å². The van der Waals surface area contributed by atoms with E-state index in [1.54, 1.807) is 30.3 Å². The van der Waals surface area contributed by atoms with E-state index in [9.17, 15) is 14.2 Å². The van der Waals surface area contributed by atoms with E-state index >= 15 is 0 Å². The standard InChI is InChI=1S/C23H33N4O8P/c1-4-17(5-2)13-32-22(28)16(3)26-36(30,35-18-9-7-6-8-10-18)33-15-21-31-14-20(34-21)27-12-11-19(24)25-23(27)29/h6-12,16-17,20-21H,4-5,13-15H2,1-3H3,(H,26,30)(H2,24,25,29)/t16-,20-,21-,36?/m0/s1. The number of carbonyl (C=O) groups is 1. The number of hydrogen-bond donors (Lipinski definition) is 2. The molecule has 0 saturated carbocycles. The zero-order valence-electron chi connectivity index (χ0n) is 20.6. The van der Waals surface area contributed by atoms with Crippen molar-refractivity contribution in [2.45, 2.75) is 52.2 Å². The Morgan fingerprint density at radius 2 is 2.00 bits per heavy atom. The minimum absolute atomic E-state index is 0.0373. The molecule has 3 N–H and O–H groups in total. The van der Waals surface area contributed by atoms with Crippen molar-refractivity contribution < 1.29 is 32.6 Å². The molecule has 0 spiro atoms. The van der Waals surface area contributed by atoms with Gasteiger partial charge in [-0.3, -0.25) is 13.9 Å². The molecule has 13 heteroatoms. The van der Waals surface area contributed by atoms with Crippen LogP contribution in [0.25, 0.3) is 0 Å². The zero-order valence-corrected chi connectivity index (χ0v) is 21.5. The molecule has 1 fully saturated rings. The van der Waals surface area contributed by atoms with Crippen molar-refractivity contribution >= 4 is 19.5 Å². The van der Waals surface area contributed by atoms with Crippen LogP contribution in [0.4, 0.5) is 5.82 Å². The van der Waals surface area contributed by atoms with Gasteiger partial charge >= 0.3 is 19.4 Å². The van der Waals surface area contributed by atoms with E-state index in [1.165, 1.54) is 23.8 Å². The maximum Gasteiger partial charge on any atom is 0.459 e. The number of carbonyl (C=O) groups excluding carboxylic acids is 1. The summed E-state index contributed by atoms with van der Waals surface area (Å²) in [6.07, 6.45) is 1.49. The fourth-order valence-electron chi connectivity index (χ4n) is 3.33. The van der Waals surface area contributed by atoms with Crippen molar-refractivity contribution in [3.05, 3.63) is 53.1 Å². The predicted molar refractivity (Wildman–Crippen MR) is 131 cm³/mol. The number of para-hydroxylation sites is 1. The number of nitrogens with zero attached hydrogens (tertiary/aromatic N) is 2. The summed E-state index contributed by atoms with van der Waals surface area (Å²) in [5, 5.41) is 2.63. The van der Waals surface area contributed by atoms with Gasteiger partial charge in [-0.15, -0.1) is 0 Å². The van der Waals surface area contributed by atoms with Crippen LogP contribution >= 0.6 is 7.75 Å². The van der Waals surface area contributed by atoms with Gasteiger partial charge in [0.15, 0.2) is 12.5 Å². The van der Waals surface area contributed by atoms with Crippen LogP contribution in [-0.2, 0) is 28.1 Å². The molecule has 1 aliphatic heterocycles. The first-order chi connectivity index (χ1) is 17.2. The number of nitrogen functional groups attached to an aromatic ring is 1. The van der Waals surface area contributed by atoms with Crippen molar-refractivity contribution in [3.63, 3.8) is 0 Å². The molecule has 0 amide bonds. The minimum atomic E-state index is -4.08. The molecular weight excluding hydrogens is 491 g/mol. The first-order valence-corrected chi connectivity index (χ1v) is 13.3. The molecule has 0 aliphatic carbocycles. The monoisotopic (exact) mass is 524 g/mol. The number of benzene rings is 1. The smallest absolute Gasteiger partial charge is 0.459 e. The molecule has 1 unspecified atom stereocenters. The van der Waals surface area contributed by atoms with E-state index in [4.69, 9.17) is 29.0 Å². The molecule has 3 rings (SSSR count). The second kappa shape index (κ2) is 13.0. The SMILES string of the molecule is CCC(CC)COC(=O)[C@H](C)NP(=O)(OC[C@H]1OC[C@@H](n2ccc(N)nc2=O)O1)Oc1ccccc1. The maximum atomic E-state index is 13.6. The molecule has 12 nitrogen and oxygen atoms in total. The van der Waals surface area contributed by atoms with Gasteiger partial charge in [0.05, 0.1) is 13.2 Å². The highest BCUT2D eigenvalue weighted by molar-refractivity contribution is 7.52. The Balaban J connectivity index is 1.63. The molecule has 1 aliphatic rings. The number of nitrogens with two attached hydrogens (primary N) is 1. The van der Waals surface area contributed by atoms with Crippen molar-refractivity contribution in [1.82, 2.24) is 14.6 Å². The summed E-state index contributed by atoms with van der Waals surface area (Å²) in [7, 11) is -4.08. The van der Waals surface area contributed by atoms with Crippen molar-refractivity contribution in [2.75, 3.05) is 25.6 Å². The highest BCUT2D eigenvalue weighted by Gasteiger charge is 2.36. The van der Waals surface area contributed by atoms with Gasteiger partial charge in [-0.05, 0) is 31.0 Å². The van der Waals surface area contributed by atoms with E-state index in [2.05, 4.69) is 10.1 Å². The molecular formula is C23H33N4O8P. The van der Waals surface area contributed by atoms with Crippen LogP contribution < -0.4 is 21.0 Å². The van der Waals surface area contributed by atoms with Gasteiger partial charge in [0.2, 0.25) is 0 Å². The number of rotatable bonds is 13. The molecule has 0 bridgehead atoms. The van der Waals surface area contributed by atoms with Crippen molar-refractivity contribution in [1.29, 1.82) is 0 Å². The number of nitrogens with one attached hydrogen (secondary N) is 1. The van der Waals surface area contributed by atoms with Crippen LogP contribution in [0.1, 0.15) is 39.8 Å². The van der Waals surface area contributed by atoms with Crippen LogP contribution in [0.5, 0.6) is 5.75 Å². The molecule has 0 radical (unpaired) electrons. The fourth-order valence-corrected chi connectivity index (χ4v) is 4.81. The molecule has 36 heavy (non-hydrogen) atoms. The topological polar surface area (TPSA) is 153 Å². The normalized spacial score (nSPS) is 20.1. The largest absolute Gasteiger partial charge is 0.464 e. The number of anilines is 1. The Bertz CT molecular complexity index is 1100. The number of esters is 1. The third kappa shape index (κ3) is 7.87. The van der Waals surface area contributed by atoms with Crippen LogP contribution in [-0.4, -0.2) is 47.7 Å². The Morgan fingerprint density at radius 1 is 1.28 bits per heavy atom. The van der Waals surface area contributed by atoms with E-state index in [-0.39, 0.29) is 37.3 Å². The summed E-state index contributed by atoms with van der Waals surface area (Å²) in [6.45, 7) is 5.57. The van der Waals surface area contributed by atoms with Gasteiger partial charge in [-0.1, -0.05) is 44.9 Å². The second-order valence-corrected chi connectivity index (χ2v) is 9.95. The van der Waals surface area contributed by atoms with Crippen LogP contribution in [0.15, 0.2) is 47.4 Å². The van der Waals surface area contributed by atoms with E-state index in [0.29, 0.717) is 0 Å². The molecule has 1 aromatic heterocycles. The lowest BCUT2D eigenvalue weighted by Crippen LogP contribution is -2.36. The predicted octanol–water partition coefficient (Wildman–Crippen LogP) is 2.86. The molecule has 1 saturated heterocycles. The number of ether oxygens (including phenoxy) is 3. The van der Waals surface area contributed by atoms with Gasteiger partial charge in [0.1, 0.15) is 24.2 Å². The van der Waals surface area contributed by atoms with E-state index < -0.39 is 38.0 Å². The summed E-state index contributed by atoms with van der Waals surface area (Å²) in [6, 6.07) is 8.88. The Morgan fingerprint density at radius 3 is 2.67 bits per heavy atom. The fraction of sp³-hybridized carbons (Fsp3) is 0.522. The number of hydrogen-bond acceptors (Lipinski definition) is 10. The van der Waals surface area contributed by atoms with E-state index in [0.717, 1.165) is 12.8 Å². The quantitative estimate of drug-likeness (QED) is 0.294. The lowest BCUT2D eigenvalue weighted by molar-refractivity contribution is -0.146. The summed E-state index contributed by atoms with van der Waals surface area (Å²) >= 11 is 0. The summed E-state index contributed by atoms with van der Waals surface area (Å²) in [5.74, 6) is 0.0356. The third-order valence-corrected chi connectivity index (χ3v) is 7.21. The Labute approximate surface area is 209 Å². The van der Waals surface area contributed by atoms with Crippen LogP contribution in [0.2, 0.25) is 0 Å². The average molecular weight is 525 g/mol. The molecule has 2 heterocycles. The highest BCUT2D eigenvalue weighted by Crippen LogP contribution is 2.45. The lowest BCUT2D eigenvalue weighted by atomic mass is 10.1. The summed E-state index contributed by atoms with van der Waals surface area (Å²) in [5.41, 5.74) is 4.93. The van der Waals surface area contributed by atoms with E-state index in [1.807, 2.05) is 13.8 Å². The lowest BCUT2D eigenvalue weighted by Gasteiger charge is -2.24. The third-order valence-electron chi connectivity index (χ3n) is 5.57. The van der Waals surface area contributed by atoms with Crippen LogP contribution in [0, 0.1) is 5.92 Å². The maximum absolute atomic E-state index is 13.6. The summed E-state index contributed by atoms with van der Waals surface area (Å²) in [4.78, 5) is 28.2. The van der Waals surface area contributed by atoms with Gasteiger partial charge in [-0.25, -0.2) is 9.36 Å². The molecule has 198 valence electrons. The average Bonchev–Trinajstić information content (AvgIpc) is 3.32. The molecule has 2 aromatic rings. The molecule has 1 aromatic carbocycles. The molecule has 4 atom stereocenters. The second-order valence-electron chi connectivity index (χ2n) is 8.26. The zero-order chi connectivity index (χ0) is 26.1. The van der Waals surface area contributed by atoms with Crippen molar-refractivity contribution in [3.8, 4) is 5.75 Å². The minimum Gasteiger partial charge on any atom is -0.464 e. The van der Waals surface area contributed by atoms with Crippen molar-refractivity contribution in [2.24, 2.45) is 5.92 Å². The van der Waals surface area contributed by atoms with Gasteiger partial charge < -0.3 is 24.5 Å². The van der Waals surface area contributed by atoms with Gasteiger partial charge in [0, 0.05) is 6.20 Å². The highest BCUT2D eigenvalue weighted by atomic mass is 31.2. The number of aromatic nitrogens is 2. The summed E-state index contributed by atoms with van der Waals surface area (Å²) < 4.78 is 42.6. The first kappa shape index (κ1) is 27.8. The first-order valence-electron chi connectivity index (χ1n) is 11.8. The van der Waals surface area contributed by atoms with Gasteiger partial charge in [-0.2, -0.15) is 10.1 Å².